The third-order valence-electron chi connectivity index (χ3n) is 4.88. The topological polar surface area (TPSA) is 54.2 Å². The molecule has 0 spiro atoms. The second kappa shape index (κ2) is 9.94. The van der Waals surface area contributed by atoms with Gasteiger partial charge in [-0.25, -0.2) is 9.67 Å². The first-order valence-corrected chi connectivity index (χ1v) is 9.34. The monoisotopic (exact) mass is 467 g/mol. The predicted molar refractivity (Wildman–Crippen MR) is 119 cm³/mol. The highest BCUT2D eigenvalue weighted by atomic mass is 127. The van der Waals surface area contributed by atoms with Crippen molar-refractivity contribution in [2.75, 3.05) is 6.54 Å². The maximum atomic E-state index is 4.82. The first-order chi connectivity index (χ1) is 12.2. The molecule has 0 aliphatic heterocycles. The Kier molecular flexibility index (Phi) is 7.93. The molecule has 5 nitrogen and oxygen atoms in total. The highest BCUT2D eigenvalue weighted by molar-refractivity contribution is 14.0. The van der Waals surface area contributed by atoms with Crippen LogP contribution in [0.15, 0.2) is 35.3 Å². The van der Waals surface area contributed by atoms with Gasteiger partial charge in [0.25, 0.3) is 0 Å². The zero-order chi connectivity index (χ0) is 17.6. The number of benzene rings is 1. The van der Waals surface area contributed by atoms with Gasteiger partial charge in [0, 0.05) is 23.8 Å². The zero-order valence-corrected chi connectivity index (χ0v) is 18.3. The molecule has 1 aromatic heterocycles. The Labute approximate surface area is 173 Å². The van der Waals surface area contributed by atoms with Crippen LogP contribution in [0.2, 0.25) is 0 Å². The van der Waals surface area contributed by atoms with Crippen LogP contribution in [0, 0.1) is 13.8 Å². The van der Waals surface area contributed by atoms with Gasteiger partial charge in [-0.2, -0.15) is 5.10 Å². The molecular weight excluding hydrogens is 437 g/mol. The van der Waals surface area contributed by atoms with Gasteiger partial charge in [-0.1, -0.05) is 31.0 Å². The highest BCUT2D eigenvalue weighted by Crippen LogP contribution is 2.19. The fourth-order valence-electron chi connectivity index (χ4n) is 3.47. The SMILES string of the molecule is CCNC(=NCc1c(C)nn(-c2ccccc2)c1C)NC1CCCC1.I. The molecule has 2 aromatic rings. The Hall–Kier alpha value is -1.57. The summed E-state index contributed by atoms with van der Waals surface area (Å²) in [7, 11) is 0. The van der Waals surface area contributed by atoms with E-state index in [9.17, 15) is 0 Å². The Morgan fingerprint density at radius 2 is 1.88 bits per heavy atom. The molecule has 0 atom stereocenters. The summed E-state index contributed by atoms with van der Waals surface area (Å²) in [5.41, 5.74) is 4.49. The molecule has 0 saturated heterocycles. The quantitative estimate of drug-likeness (QED) is 0.396. The second-order valence-corrected chi connectivity index (χ2v) is 6.72. The molecule has 0 bridgehead atoms. The molecular formula is C20H30IN5. The van der Waals surface area contributed by atoms with E-state index in [4.69, 9.17) is 10.1 Å². The first-order valence-electron chi connectivity index (χ1n) is 9.34. The summed E-state index contributed by atoms with van der Waals surface area (Å²) in [6, 6.07) is 10.8. The molecule has 1 aliphatic rings. The number of aryl methyl sites for hydroxylation is 1. The second-order valence-electron chi connectivity index (χ2n) is 6.72. The van der Waals surface area contributed by atoms with E-state index in [-0.39, 0.29) is 24.0 Å². The van der Waals surface area contributed by atoms with Crippen LogP contribution in [-0.2, 0) is 6.54 Å². The maximum absolute atomic E-state index is 4.82. The average molecular weight is 467 g/mol. The van der Waals surface area contributed by atoms with Crippen LogP contribution < -0.4 is 10.6 Å². The van der Waals surface area contributed by atoms with Gasteiger partial charge in [0.1, 0.15) is 0 Å². The van der Waals surface area contributed by atoms with Gasteiger partial charge in [0.2, 0.25) is 0 Å². The lowest BCUT2D eigenvalue weighted by Gasteiger charge is -2.16. The third kappa shape index (κ3) is 4.99. The van der Waals surface area contributed by atoms with E-state index in [0.717, 1.165) is 29.6 Å². The number of guanidine groups is 1. The third-order valence-corrected chi connectivity index (χ3v) is 4.88. The lowest BCUT2D eigenvalue weighted by molar-refractivity contribution is 0.614. The summed E-state index contributed by atoms with van der Waals surface area (Å²) in [5, 5.41) is 11.7. The summed E-state index contributed by atoms with van der Waals surface area (Å²) in [4.78, 5) is 4.82. The van der Waals surface area contributed by atoms with Crippen molar-refractivity contribution in [1.82, 2.24) is 20.4 Å². The number of halogens is 1. The maximum Gasteiger partial charge on any atom is 0.191 e. The van der Waals surface area contributed by atoms with Crippen LogP contribution in [0.25, 0.3) is 5.69 Å². The molecule has 0 unspecified atom stereocenters. The molecule has 0 radical (unpaired) electrons. The number of aromatic nitrogens is 2. The van der Waals surface area contributed by atoms with Gasteiger partial charge in [-0.05, 0) is 45.7 Å². The lowest BCUT2D eigenvalue weighted by Crippen LogP contribution is -2.42. The molecule has 1 aromatic carbocycles. The van der Waals surface area contributed by atoms with Gasteiger partial charge in [0.15, 0.2) is 5.96 Å². The number of rotatable bonds is 5. The van der Waals surface area contributed by atoms with Crippen molar-refractivity contribution in [3.63, 3.8) is 0 Å². The van der Waals surface area contributed by atoms with Gasteiger partial charge < -0.3 is 10.6 Å². The minimum absolute atomic E-state index is 0. The van der Waals surface area contributed by atoms with Gasteiger partial charge >= 0.3 is 0 Å². The molecule has 3 rings (SSSR count). The summed E-state index contributed by atoms with van der Waals surface area (Å²) in [6.07, 6.45) is 5.13. The van der Waals surface area contributed by atoms with Crippen LogP contribution in [0.4, 0.5) is 0 Å². The van der Waals surface area contributed by atoms with Gasteiger partial charge in [0.05, 0.1) is 17.9 Å². The number of aliphatic imine (C=N–C) groups is 1. The highest BCUT2D eigenvalue weighted by Gasteiger charge is 2.17. The van der Waals surface area contributed by atoms with Crippen molar-refractivity contribution in [2.45, 2.75) is 59.0 Å². The number of para-hydroxylation sites is 1. The largest absolute Gasteiger partial charge is 0.357 e. The summed E-state index contributed by atoms with van der Waals surface area (Å²) >= 11 is 0. The number of nitrogens with zero attached hydrogens (tertiary/aromatic N) is 3. The van der Waals surface area contributed by atoms with Gasteiger partial charge in [-0.3, -0.25) is 0 Å². The molecule has 1 heterocycles. The predicted octanol–water partition coefficient (Wildman–Crippen LogP) is 4.10. The van der Waals surface area contributed by atoms with Crippen molar-refractivity contribution in [3.8, 4) is 5.69 Å². The van der Waals surface area contributed by atoms with Crippen LogP contribution >= 0.6 is 24.0 Å². The molecule has 142 valence electrons. The van der Waals surface area contributed by atoms with Crippen molar-refractivity contribution < 1.29 is 0 Å². The van der Waals surface area contributed by atoms with E-state index in [1.807, 2.05) is 22.9 Å². The Bertz CT molecular complexity index is 717. The van der Waals surface area contributed by atoms with Crippen molar-refractivity contribution in [1.29, 1.82) is 0 Å². The van der Waals surface area contributed by atoms with Crippen molar-refractivity contribution in [2.24, 2.45) is 4.99 Å². The standard InChI is InChI=1S/C20H29N5.HI/c1-4-21-20(23-17-10-8-9-11-17)22-14-19-15(2)24-25(16(19)3)18-12-6-5-7-13-18;/h5-7,12-13,17H,4,8-11,14H2,1-3H3,(H2,21,22,23);1H. The zero-order valence-electron chi connectivity index (χ0n) is 16.0. The molecule has 1 fully saturated rings. The number of nitrogens with one attached hydrogen (secondary N) is 2. The molecule has 1 aliphatic carbocycles. The van der Waals surface area contributed by atoms with Gasteiger partial charge in [-0.15, -0.1) is 24.0 Å². The summed E-state index contributed by atoms with van der Waals surface area (Å²) in [6.45, 7) is 7.81. The van der Waals surface area contributed by atoms with E-state index in [2.05, 4.69) is 43.5 Å². The summed E-state index contributed by atoms with van der Waals surface area (Å²) in [5.74, 6) is 0.917. The van der Waals surface area contributed by atoms with Crippen LogP contribution in [0.1, 0.15) is 49.6 Å². The molecule has 6 heteroatoms. The fourth-order valence-corrected chi connectivity index (χ4v) is 3.47. The number of hydrogen-bond donors (Lipinski definition) is 2. The molecule has 2 N–H and O–H groups in total. The minimum atomic E-state index is 0. The van der Waals surface area contributed by atoms with E-state index in [1.165, 1.54) is 31.2 Å². The van der Waals surface area contributed by atoms with E-state index in [0.29, 0.717) is 12.6 Å². The normalized spacial score (nSPS) is 15.0. The van der Waals surface area contributed by atoms with E-state index in [1.54, 1.807) is 0 Å². The molecule has 1 saturated carbocycles. The average Bonchev–Trinajstić information content (AvgIpc) is 3.22. The molecule has 0 amide bonds. The number of hydrogen-bond acceptors (Lipinski definition) is 2. The van der Waals surface area contributed by atoms with Crippen LogP contribution in [-0.4, -0.2) is 28.3 Å². The molecule has 26 heavy (non-hydrogen) atoms. The Morgan fingerprint density at radius 3 is 2.54 bits per heavy atom. The minimum Gasteiger partial charge on any atom is -0.357 e. The van der Waals surface area contributed by atoms with Crippen molar-refractivity contribution >= 4 is 29.9 Å². The smallest absolute Gasteiger partial charge is 0.191 e. The fraction of sp³-hybridized carbons (Fsp3) is 0.500. The first kappa shape index (κ1) is 20.7. The van der Waals surface area contributed by atoms with E-state index < -0.39 is 0 Å². The van der Waals surface area contributed by atoms with Crippen LogP contribution in [0.5, 0.6) is 0 Å². The lowest BCUT2D eigenvalue weighted by atomic mass is 10.2. The van der Waals surface area contributed by atoms with Crippen molar-refractivity contribution in [3.05, 3.63) is 47.3 Å². The van der Waals surface area contributed by atoms with Crippen LogP contribution in [0.3, 0.4) is 0 Å². The Balaban J connectivity index is 0.00000243. The Morgan fingerprint density at radius 1 is 1.19 bits per heavy atom. The van der Waals surface area contributed by atoms with E-state index >= 15 is 0 Å². The summed E-state index contributed by atoms with van der Waals surface area (Å²) < 4.78 is 2.01.